The maximum atomic E-state index is 5.90. The van der Waals surface area contributed by atoms with Crippen LogP contribution in [0.25, 0.3) is 17.1 Å². The molecule has 142 valence electrons. The van der Waals surface area contributed by atoms with Gasteiger partial charge < -0.3 is 9.47 Å². The SMILES string of the molecule is Cc1c(-n2ccnc2-c2ccc(OCCN3CCOCC3)cc2)cnn1C. The van der Waals surface area contributed by atoms with Crippen molar-refractivity contribution in [2.75, 3.05) is 39.5 Å². The maximum Gasteiger partial charge on any atom is 0.144 e. The zero-order chi connectivity index (χ0) is 18.6. The highest BCUT2D eigenvalue weighted by Crippen LogP contribution is 2.25. The van der Waals surface area contributed by atoms with Crippen LogP contribution in [0, 0.1) is 6.92 Å². The van der Waals surface area contributed by atoms with E-state index in [-0.39, 0.29) is 0 Å². The van der Waals surface area contributed by atoms with E-state index >= 15 is 0 Å². The van der Waals surface area contributed by atoms with Crippen LogP contribution in [0.5, 0.6) is 5.75 Å². The highest BCUT2D eigenvalue weighted by atomic mass is 16.5. The standard InChI is InChI=1S/C20H25N5O2/c1-16-19(15-22-23(16)2)25-8-7-21-20(25)17-3-5-18(6-4-17)27-14-11-24-9-12-26-13-10-24/h3-8,15H,9-14H2,1-2H3. The normalized spacial score (nSPS) is 15.2. The summed E-state index contributed by atoms with van der Waals surface area (Å²) in [4.78, 5) is 6.90. The summed E-state index contributed by atoms with van der Waals surface area (Å²) in [5, 5.41) is 4.33. The maximum absolute atomic E-state index is 5.90. The van der Waals surface area contributed by atoms with E-state index in [0.717, 1.165) is 61.4 Å². The Kier molecular flexibility index (Phi) is 5.22. The average Bonchev–Trinajstić information content (AvgIpc) is 3.30. The molecule has 1 aliphatic rings. The van der Waals surface area contributed by atoms with E-state index in [1.165, 1.54) is 0 Å². The second-order valence-corrected chi connectivity index (χ2v) is 6.69. The number of ether oxygens (including phenoxy) is 2. The Morgan fingerprint density at radius 1 is 1.15 bits per heavy atom. The number of rotatable bonds is 6. The molecule has 0 bridgehead atoms. The number of aryl methyl sites for hydroxylation is 1. The topological polar surface area (TPSA) is 57.3 Å². The lowest BCUT2D eigenvalue weighted by Crippen LogP contribution is -2.38. The molecule has 1 saturated heterocycles. The molecule has 0 saturated carbocycles. The third-order valence-corrected chi connectivity index (χ3v) is 5.00. The molecule has 1 aromatic carbocycles. The summed E-state index contributed by atoms with van der Waals surface area (Å²) in [6, 6.07) is 8.11. The Labute approximate surface area is 159 Å². The van der Waals surface area contributed by atoms with Gasteiger partial charge in [0.2, 0.25) is 0 Å². The monoisotopic (exact) mass is 367 g/mol. The number of benzene rings is 1. The molecule has 0 unspecified atom stereocenters. The van der Waals surface area contributed by atoms with Gasteiger partial charge in [-0.3, -0.25) is 14.1 Å². The predicted octanol–water partition coefficient (Wildman–Crippen LogP) is 2.29. The first-order chi connectivity index (χ1) is 13.2. The van der Waals surface area contributed by atoms with Crippen molar-refractivity contribution >= 4 is 0 Å². The second-order valence-electron chi connectivity index (χ2n) is 6.69. The zero-order valence-electron chi connectivity index (χ0n) is 15.8. The molecule has 0 radical (unpaired) electrons. The van der Waals surface area contributed by atoms with Crippen molar-refractivity contribution in [2.24, 2.45) is 7.05 Å². The molecule has 3 heterocycles. The Hall–Kier alpha value is -2.64. The Morgan fingerprint density at radius 3 is 2.63 bits per heavy atom. The zero-order valence-corrected chi connectivity index (χ0v) is 15.8. The van der Waals surface area contributed by atoms with E-state index in [1.54, 1.807) is 0 Å². The fourth-order valence-corrected chi connectivity index (χ4v) is 3.25. The Morgan fingerprint density at radius 2 is 1.93 bits per heavy atom. The van der Waals surface area contributed by atoms with E-state index in [1.807, 2.05) is 42.5 Å². The van der Waals surface area contributed by atoms with Gasteiger partial charge in [-0.25, -0.2) is 4.98 Å². The van der Waals surface area contributed by atoms with Gasteiger partial charge in [0, 0.05) is 44.6 Å². The predicted molar refractivity (Wildman–Crippen MR) is 103 cm³/mol. The molecule has 0 N–H and O–H groups in total. The molecule has 0 amide bonds. The van der Waals surface area contributed by atoms with Crippen LogP contribution in [0.4, 0.5) is 0 Å². The van der Waals surface area contributed by atoms with Gasteiger partial charge in [-0.05, 0) is 31.2 Å². The van der Waals surface area contributed by atoms with Crippen molar-refractivity contribution < 1.29 is 9.47 Å². The minimum Gasteiger partial charge on any atom is -0.492 e. The van der Waals surface area contributed by atoms with Crippen LogP contribution in [0.15, 0.2) is 42.9 Å². The number of hydrogen-bond donors (Lipinski definition) is 0. The molecule has 0 atom stereocenters. The van der Waals surface area contributed by atoms with E-state index < -0.39 is 0 Å². The van der Waals surface area contributed by atoms with Crippen LogP contribution >= 0.6 is 0 Å². The van der Waals surface area contributed by atoms with E-state index in [2.05, 4.69) is 38.6 Å². The Bertz CT molecular complexity index is 878. The molecule has 1 aliphatic heterocycles. The summed E-state index contributed by atoms with van der Waals surface area (Å²) < 4.78 is 15.2. The summed E-state index contributed by atoms with van der Waals surface area (Å²) in [6.07, 6.45) is 5.64. The van der Waals surface area contributed by atoms with Crippen LogP contribution in [-0.2, 0) is 11.8 Å². The van der Waals surface area contributed by atoms with Gasteiger partial charge in [-0.15, -0.1) is 0 Å². The van der Waals surface area contributed by atoms with Crippen molar-refractivity contribution in [1.29, 1.82) is 0 Å². The quantitative estimate of drug-likeness (QED) is 0.669. The molecule has 7 heteroatoms. The average molecular weight is 367 g/mol. The highest BCUT2D eigenvalue weighted by Gasteiger charge is 2.13. The van der Waals surface area contributed by atoms with Gasteiger partial charge in [-0.2, -0.15) is 5.10 Å². The molecule has 7 nitrogen and oxygen atoms in total. The first-order valence-electron chi connectivity index (χ1n) is 9.28. The van der Waals surface area contributed by atoms with Crippen molar-refractivity contribution in [3.05, 3.63) is 48.5 Å². The molecule has 2 aromatic heterocycles. The van der Waals surface area contributed by atoms with Crippen molar-refractivity contribution in [1.82, 2.24) is 24.2 Å². The largest absolute Gasteiger partial charge is 0.492 e. The second kappa shape index (κ2) is 7.94. The number of imidazole rings is 1. The fraction of sp³-hybridized carbons (Fsp3) is 0.400. The van der Waals surface area contributed by atoms with Crippen LogP contribution in [0.3, 0.4) is 0 Å². The van der Waals surface area contributed by atoms with Crippen LogP contribution < -0.4 is 4.74 Å². The van der Waals surface area contributed by atoms with Gasteiger partial charge in [0.1, 0.15) is 18.2 Å². The number of aromatic nitrogens is 4. The minimum absolute atomic E-state index is 0.683. The third-order valence-electron chi connectivity index (χ3n) is 5.00. The van der Waals surface area contributed by atoms with Crippen molar-refractivity contribution in [2.45, 2.75) is 6.92 Å². The van der Waals surface area contributed by atoms with Crippen LogP contribution in [-0.4, -0.2) is 63.7 Å². The summed E-state index contributed by atoms with van der Waals surface area (Å²) in [5.41, 5.74) is 3.18. The smallest absolute Gasteiger partial charge is 0.144 e. The Balaban J connectivity index is 1.42. The first-order valence-corrected chi connectivity index (χ1v) is 9.28. The van der Waals surface area contributed by atoms with Crippen molar-refractivity contribution in [3.8, 4) is 22.8 Å². The molecular weight excluding hydrogens is 342 g/mol. The highest BCUT2D eigenvalue weighted by molar-refractivity contribution is 5.60. The van der Waals surface area contributed by atoms with Crippen molar-refractivity contribution in [3.63, 3.8) is 0 Å². The minimum atomic E-state index is 0.683. The molecule has 27 heavy (non-hydrogen) atoms. The van der Waals surface area contributed by atoms with Gasteiger partial charge in [0.25, 0.3) is 0 Å². The first kappa shape index (κ1) is 17.8. The van der Waals surface area contributed by atoms with Crippen LogP contribution in [0.1, 0.15) is 5.69 Å². The fourth-order valence-electron chi connectivity index (χ4n) is 3.25. The molecule has 0 aliphatic carbocycles. The molecule has 4 rings (SSSR count). The summed E-state index contributed by atoms with van der Waals surface area (Å²) in [6.45, 7) is 7.27. The molecule has 1 fully saturated rings. The van der Waals surface area contributed by atoms with E-state index in [0.29, 0.717) is 6.61 Å². The molecule has 0 spiro atoms. The van der Waals surface area contributed by atoms with Crippen LogP contribution in [0.2, 0.25) is 0 Å². The number of morpholine rings is 1. The van der Waals surface area contributed by atoms with E-state index in [4.69, 9.17) is 9.47 Å². The lowest BCUT2D eigenvalue weighted by atomic mass is 10.2. The molecular formula is C20H25N5O2. The third kappa shape index (κ3) is 3.89. The lowest BCUT2D eigenvalue weighted by molar-refractivity contribution is 0.0322. The summed E-state index contributed by atoms with van der Waals surface area (Å²) in [7, 11) is 1.94. The molecule has 3 aromatic rings. The van der Waals surface area contributed by atoms with Gasteiger partial charge in [-0.1, -0.05) is 0 Å². The number of hydrogen-bond acceptors (Lipinski definition) is 5. The number of nitrogens with zero attached hydrogens (tertiary/aromatic N) is 5. The lowest BCUT2D eigenvalue weighted by Gasteiger charge is -2.26. The summed E-state index contributed by atoms with van der Waals surface area (Å²) in [5.74, 6) is 1.77. The summed E-state index contributed by atoms with van der Waals surface area (Å²) >= 11 is 0. The van der Waals surface area contributed by atoms with Gasteiger partial charge in [0.15, 0.2) is 0 Å². The van der Waals surface area contributed by atoms with Gasteiger partial charge in [0.05, 0.1) is 30.8 Å². The van der Waals surface area contributed by atoms with Gasteiger partial charge >= 0.3 is 0 Å². The van der Waals surface area contributed by atoms with E-state index in [9.17, 15) is 0 Å².